The number of piperazine rings is 1. The molecule has 0 aliphatic carbocycles. The van der Waals surface area contributed by atoms with Crippen LogP contribution in [0, 0.1) is 11.2 Å². The number of nitrogens with zero attached hydrogens (tertiary/aromatic N) is 4. The molecule has 170 valence electrons. The Morgan fingerprint density at radius 3 is 2.42 bits per heavy atom. The fourth-order valence-corrected chi connectivity index (χ4v) is 5.76. The van der Waals surface area contributed by atoms with Crippen molar-refractivity contribution in [2.24, 2.45) is 5.41 Å². The average Bonchev–Trinajstić information content (AvgIpc) is 2.98. The molecule has 4 rings (SSSR count). The highest BCUT2D eigenvalue weighted by molar-refractivity contribution is 5.85. The lowest BCUT2D eigenvalue weighted by Crippen LogP contribution is -2.52. The fourth-order valence-electron chi connectivity index (χ4n) is 5.76. The van der Waals surface area contributed by atoms with Crippen molar-refractivity contribution in [2.45, 2.75) is 51.6 Å². The Bertz CT molecular complexity index is 806. The monoisotopic (exact) mass is 430 g/mol. The number of anilines is 1. The molecule has 0 unspecified atom stereocenters. The second kappa shape index (κ2) is 8.77. The number of likely N-dealkylation sites (tertiary alicyclic amines) is 2. The molecule has 1 spiro atoms. The lowest BCUT2D eigenvalue weighted by molar-refractivity contribution is -0.141. The van der Waals surface area contributed by atoms with Gasteiger partial charge in [-0.25, -0.2) is 4.39 Å². The Morgan fingerprint density at radius 2 is 1.81 bits per heavy atom. The second-order valence-electron chi connectivity index (χ2n) is 9.67. The highest BCUT2D eigenvalue weighted by Crippen LogP contribution is 2.44. The first kappa shape index (κ1) is 22.1. The molecule has 0 N–H and O–H groups in total. The van der Waals surface area contributed by atoms with E-state index < -0.39 is 0 Å². The van der Waals surface area contributed by atoms with Gasteiger partial charge in [-0.3, -0.25) is 14.5 Å². The summed E-state index contributed by atoms with van der Waals surface area (Å²) in [5.74, 6) is 0.185. The van der Waals surface area contributed by atoms with Gasteiger partial charge < -0.3 is 14.7 Å². The van der Waals surface area contributed by atoms with Gasteiger partial charge in [0.15, 0.2) is 0 Å². The predicted octanol–water partition coefficient (Wildman–Crippen LogP) is 2.59. The Morgan fingerprint density at radius 1 is 1.13 bits per heavy atom. The van der Waals surface area contributed by atoms with E-state index in [0.29, 0.717) is 19.1 Å². The third kappa shape index (κ3) is 4.43. The molecule has 3 saturated heterocycles. The number of hydrogen-bond acceptors (Lipinski definition) is 4. The fraction of sp³-hybridized carbons (Fsp3) is 0.667. The maximum absolute atomic E-state index is 13.2. The zero-order valence-electron chi connectivity index (χ0n) is 19.0. The number of carbonyl (C=O) groups is 2. The molecule has 1 aromatic rings. The standard InChI is InChI=1S/C24H35FN4O2/c1-18-17-27(14-15-29(18)21-6-4-20(25)5-7-21)11-8-22-16-24(23(31)26(22)3)9-12-28(13-10-24)19(2)30/h4-7,18,22H,8-17H2,1-3H3/t18-,22-/m0/s1. The van der Waals surface area contributed by atoms with Gasteiger partial charge in [-0.2, -0.15) is 0 Å². The Balaban J connectivity index is 1.29. The van der Waals surface area contributed by atoms with Gasteiger partial charge in [0.1, 0.15) is 5.82 Å². The average molecular weight is 431 g/mol. The van der Waals surface area contributed by atoms with Gasteiger partial charge in [-0.1, -0.05) is 0 Å². The molecule has 0 radical (unpaired) electrons. The van der Waals surface area contributed by atoms with Gasteiger partial charge >= 0.3 is 0 Å². The Hall–Kier alpha value is -2.15. The van der Waals surface area contributed by atoms with Crippen molar-refractivity contribution >= 4 is 17.5 Å². The number of benzene rings is 1. The molecular formula is C24H35FN4O2. The highest BCUT2D eigenvalue weighted by atomic mass is 19.1. The van der Waals surface area contributed by atoms with Crippen LogP contribution in [0.1, 0.15) is 39.5 Å². The summed E-state index contributed by atoms with van der Waals surface area (Å²) in [6.45, 7) is 9.09. The minimum Gasteiger partial charge on any atom is -0.366 e. The molecule has 2 amide bonds. The van der Waals surface area contributed by atoms with Crippen molar-refractivity contribution in [3.63, 3.8) is 0 Å². The maximum atomic E-state index is 13.2. The molecule has 0 bridgehead atoms. The van der Waals surface area contributed by atoms with Crippen LogP contribution in [0.4, 0.5) is 10.1 Å². The molecular weight excluding hydrogens is 395 g/mol. The maximum Gasteiger partial charge on any atom is 0.228 e. The van der Waals surface area contributed by atoms with Crippen LogP contribution >= 0.6 is 0 Å². The van der Waals surface area contributed by atoms with Crippen LogP contribution in [-0.2, 0) is 9.59 Å². The zero-order valence-corrected chi connectivity index (χ0v) is 19.0. The third-order valence-corrected chi connectivity index (χ3v) is 7.76. The van der Waals surface area contributed by atoms with E-state index in [1.807, 2.05) is 29.0 Å². The molecule has 3 heterocycles. The summed E-state index contributed by atoms with van der Waals surface area (Å²) in [4.78, 5) is 33.4. The van der Waals surface area contributed by atoms with E-state index in [1.54, 1.807) is 6.92 Å². The van der Waals surface area contributed by atoms with E-state index >= 15 is 0 Å². The number of piperidine rings is 1. The summed E-state index contributed by atoms with van der Waals surface area (Å²) in [5, 5.41) is 0. The number of hydrogen-bond donors (Lipinski definition) is 0. The minimum absolute atomic E-state index is 0.110. The second-order valence-corrected chi connectivity index (χ2v) is 9.67. The molecule has 7 heteroatoms. The summed E-state index contributed by atoms with van der Waals surface area (Å²) >= 11 is 0. The normalized spacial score (nSPS) is 26.7. The minimum atomic E-state index is -0.264. The molecule has 2 atom stereocenters. The summed E-state index contributed by atoms with van der Waals surface area (Å²) < 4.78 is 13.2. The van der Waals surface area contributed by atoms with Gasteiger partial charge in [0.05, 0.1) is 5.41 Å². The molecule has 0 aromatic heterocycles. The van der Waals surface area contributed by atoms with Gasteiger partial charge in [-0.05, 0) is 56.9 Å². The van der Waals surface area contributed by atoms with Gasteiger partial charge in [-0.15, -0.1) is 0 Å². The number of amides is 2. The van der Waals surface area contributed by atoms with E-state index in [0.717, 1.165) is 57.5 Å². The quantitative estimate of drug-likeness (QED) is 0.737. The molecule has 31 heavy (non-hydrogen) atoms. The van der Waals surface area contributed by atoms with Crippen LogP contribution < -0.4 is 4.90 Å². The summed E-state index contributed by atoms with van der Waals surface area (Å²) in [6, 6.07) is 7.41. The molecule has 6 nitrogen and oxygen atoms in total. The first-order chi connectivity index (χ1) is 14.8. The first-order valence-electron chi connectivity index (χ1n) is 11.6. The third-order valence-electron chi connectivity index (χ3n) is 7.76. The summed E-state index contributed by atoms with van der Waals surface area (Å²) in [5.41, 5.74) is 0.813. The Kier molecular flexibility index (Phi) is 6.24. The highest BCUT2D eigenvalue weighted by Gasteiger charge is 2.51. The Labute approximate surface area is 185 Å². The van der Waals surface area contributed by atoms with Crippen LogP contribution in [0.25, 0.3) is 0 Å². The largest absolute Gasteiger partial charge is 0.366 e. The molecule has 3 aliphatic rings. The number of rotatable bonds is 4. The van der Waals surface area contributed by atoms with Crippen LogP contribution in [0.2, 0.25) is 0 Å². The van der Waals surface area contributed by atoms with Crippen molar-refractivity contribution in [2.75, 3.05) is 51.2 Å². The van der Waals surface area contributed by atoms with E-state index in [-0.39, 0.29) is 29.1 Å². The molecule has 1 aromatic carbocycles. The van der Waals surface area contributed by atoms with Gasteiger partial charge in [0.25, 0.3) is 0 Å². The van der Waals surface area contributed by atoms with E-state index in [4.69, 9.17) is 0 Å². The molecule has 3 aliphatic heterocycles. The van der Waals surface area contributed by atoms with Crippen molar-refractivity contribution in [1.82, 2.24) is 14.7 Å². The smallest absolute Gasteiger partial charge is 0.228 e. The van der Waals surface area contributed by atoms with Crippen LogP contribution in [-0.4, -0.2) is 84.9 Å². The van der Waals surface area contributed by atoms with Crippen molar-refractivity contribution in [1.29, 1.82) is 0 Å². The van der Waals surface area contributed by atoms with E-state index in [2.05, 4.69) is 16.7 Å². The number of carbonyl (C=O) groups excluding carboxylic acids is 2. The molecule has 0 saturated carbocycles. The predicted molar refractivity (Wildman–Crippen MR) is 119 cm³/mol. The lowest BCUT2D eigenvalue weighted by Gasteiger charge is -2.41. The van der Waals surface area contributed by atoms with Gasteiger partial charge in [0, 0.05) is 71.0 Å². The summed E-state index contributed by atoms with van der Waals surface area (Å²) in [7, 11) is 1.95. The first-order valence-corrected chi connectivity index (χ1v) is 11.6. The van der Waals surface area contributed by atoms with Crippen molar-refractivity contribution in [3.8, 4) is 0 Å². The van der Waals surface area contributed by atoms with Gasteiger partial charge in [0.2, 0.25) is 11.8 Å². The van der Waals surface area contributed by atoms with Crippen molar-refractivity contribution < 1.29 is 14.0 Å². The van der Waals surface area contributed by atoms with E-state index in [1.165, 1.54) is 12.1 Å². The zero-order chi connectivity index (χ0) is 22.2. The van der Waals surface area contributed by atoms with Crippen LogP contribution in [0.3, 0.4) is 0 Å². The van der Waals surface area contributed by atoms with Crippen LogP contribution in [0.5, 0.6) is 0 Å². The lowest BCUT2D eigenvalue weighted by atomic mass is 9.75. The van der Waals surface area contributed by atoms with Crippen molar-refractivity contribution in [3.05, 3.63) is 30.1 Å². The molecule has 3 fully saturated rings. The number of halogens is 1. The summed E-state index contributed by atoms with van der Waals surface area (Å²) in [6.07, 6.45) is 3.49. The topological polar surface area (TPSA) is 47.1 Å². The SMILES string of the molecule is CC(=O)N1CCC2(CC1)C[C@H](CCN1CCN(c3ccc(F)cc3)[C@@H](C)C1)N(C)C2=O. The van der Waals surface area contributed by atoms with E-state index in [9.17, 15) is 14.0 Å². The van der Waals surface area contributed by atoms with Crippen LogP contribution in [0.15, 0.2) is 24.3 Å².